The maximum absolute atomic E-state index is 12.8. The monoisotopic (exact) mass is 445 g/mol. The third kappa shape index (κ3) is 4.62. The fourth-order valence-corrected chi connectivity index (χ4v) is 4.18. The van der Waals surface area contributed by atoms with Crippen molar-refractivity contribution in [3.8, 4) is 22.5 Å². The molecule has 0 amide bonds. The van der Waals surface area contributed by atoms with Gasteiger partial charge in [0, 0.05) is 23.7 Å². The number of aromatic nitrogens is 4. The molecule has 0 aromatic carbocycles. The predicted octanol–water partition coefficient (Wildman–Crippen LogP) is 2.86. The summed E-state index contributed by atoms with van der Waals surface area (Å²) in [4.78, 5) is 14.8. The van der Waals surface area contributed by atoms with Gasteiger partial charge in [0.15, 0.2) is 0 Å². The number of aryl methyl sites for hydroxylation is 1. The van der Waals surface area contributed by atoms with Crippen molar-refractivity contribution in [1.29, 1.82) is 0 Å². The lowest BCUT2D eigenvalue weighted by Gasteiger charge is -2.13. The molecule has 9 nitrogen and oxygen atoms in total. The Labute approximate surface area is 169 Å². The molecule has 13 heteroatoms. The zero-order valence-electron chi connectivity index (χ0n) is 15.6. The summed E-state index contributed by atoms with van der Waals surface area (Å²) in [7, 11) is -1.62. The van der Waals surface area contributed by atoms with Crippen molar-refractivity contribution in [3.63, 3.8) is 0 Å². The number of halogens is 2. The summed E-state index contributed by atoms with van der Waals surface area (Å²) < 4.78 is 63.2. The normalized spacial score (nSPS) is 11.7. The molecule has 0 radical (unpaired) electrons. The van der Waals surface area contributed by atoms with E-state index in [1.807, 2.05) is 12.3 Å². The molecule has 0 saturated carbocycles. The molecule has 0 bridgehead atoms. The summed E-state index contributed by atoms with van der Waals surface area (Å²) >= 11 is 1.37. The molecule has 0 aliphatic carbocycles. The van der Waals surface area contributed by atoms with Crippen LogP contribution in [0.3, 0.4) is 0 Å². The van der Waals surface area contributed by atoms with Gasteiger partial charge in [-0.25, -0.2) is 26.9 Å². The quantitative estimate of drug-likeness (QED) is 0.547. The molecule has 156 valence electrons. The van der Waals surface area contributed by atoms with Crippen LogP contribution in [-0.2, 0) is 16.4 Å². The molecule has 3 aromatic rings. The zero-order valence-corrected chi connectivity index (χ0v) is 17.2. The van der Waals surface area contributed by atoms with Gasteiger partial charge in [-0.2, -0.15) is 9.97 Å². The van der Waals surface area contributed by atoms with Crippen molar-refractivity contribution >= 4 is 27.3 Å². The Hall–Kier alpha value is -2.80. The van der Waals surface area contributed by atoms with Gasteiger partial charge < -0.3 is 14.5 Å². The first-order chi connectivity index (χ1) is 13.7. The average Bonchev–Trinajstić information content (AvgIpc) is 3.31. The van der Waals surface area contributed by atoms with Gasteiger partial charge in [-0.05, 0) is 13.0 Å². The smallest absolute Gasteiger partial charge is 0.265 e. The van der Waals surface area contributed by atoms with E-state index in [0.29, 0.717) is 10.7 Å². The highest BCUT2D eigenvalue weighted by Gasteiger charge is 2.24. The molecule has 0 unspecified atom stereocenters. The summed E-state index contributed by atoms with van der Waals surface area (Å²) in [5.41, 5.74) is 1.29. The minimum Gasteiger partial charge on any atom is -0.481 e. The van der Waals surface area contributed by atoms with Gasteiger partial charge >= 0.3 is 0 Å². The number of methoxy groups -OCH3 is 2. The van der Waals surface area contributed by atoms with Gasteiger partial charge in [0.05, 0.1) is 25.5 Å². The number of thiazole rings is 1. The van der Waals surface area contributed by atoms with Crippen molar-refractivity contribution in [2.75, 3.05) is 18.9 Å². The number of ether oxygens (including phenoxy) is 2. The van der Waals surface area contributed by atoms with Gasteiger partial charge in [0.25, 0.3) is 10.0 Å². The van der Waals surface area contributed by atoms with Crippen LogP contribution in [0.1, 0.15) is 11.3 Å². The van der Waals surface area contributed by atoms with Crippen molar-refractivity contribution in [2.24, 2.45) is 0 Å². The van der Waals surface area contributed by atoms with Gasteiger partial charge in [-0.15, -0.1) is 11.3 Å². The van der Waals surface area contributed by atoms with Crippen molar-refractivity contribution < 1.29 is 26.7 Å². The summed E-state index contributed by atoms with van der Waals surface area (Å²) in [6.07, 6.45) is -2.08. The SMILES string of the molecule is COc1nc(NS(=O)(=O)c2c[nH]c(-c3nc(C)cs3)c2)nc(OC)c1CC(F)F. The number of nitrogens with one attached hydrogen (secondary N) is 2. The molecule has 0 saturated heterocycles. The lowest BCUT2D eigenvalue weighted by Crippen LogP contribution is -2.16. The van der Waals surface area contributed by atoms with E-state index >= 15 is 0 Å². The lowest BCUT2D eigenvalue weighted by atomic mass is 10.2. The molecule has 0 fully saturated rings. The molecular formula is C16H17F2N5O4S2. The van der Waals surface area contributed by atoms with Crippen molar-refractivity contribution in [3.05, 3.63) is 28.9 Å². The highest BCUT2D eigenvalue weighted by Crippen LogP contribution is 2.30. The van der Waals surface area contributed by atoms with Crippen LogP contribution in [0, 0.1) is 6.92 Å². The summed E-state index contributed by atoms with van der Waals surface area (Å²) in [5, 5.41) is 2.48. The van der Waals surface area contributed by atoms with E-state index in [4.69, 9.17) is 9.47 Å². The third-order valence-electron chi connectivity index (χ3n) is 3.72. The van der Waals surface area contributed by atoms with Crippen LogP contribution in [0.2, 0.25) is 0 Å². The Bertz CT molecular complexity index is 1090. The maximum atomic E-state index is 12.8. The molecule has 3 rings (SSSR count). The largest absolute Gasteiger partial charge is 0.481 e. The van der Waals surface area contributed by atoms with Gasteiger partial charge in [0.2, 0.25) is 24.1 Å². The Morgan fingerprint density at radius 3 is 2.38 bits per heavy atom. The molecule has 0 spiro atoms. The number of aromatic amines is 1. The summed E-state index contributed by atoms with van der Waals surface area (Å²) in [6.45, 7) is 1.83. The second-order valence-corrected chi connectivity index (χ2v) is 8.33. The van der Waals surface area contributed by atoms with Gasteiger partial charge in [-0.3, -0.25) is 0 Å². The topological polar surface area (TPSA) is 119 Å². The maximum Gasteiger partial charge on any atom is 0.265 e. The van der Waals surface area contributed by atoms with E-state index in [2.05, 4.69) is 24.7 Å². The van der Waals surface area contributed by atoms with Crippen molar-refractivity contribution in [1.82, 2.24) is 19.9 Å². The van der Waals surface area contributed by atoms with E-state index in [9.17, 15) is 17.2 Å². The van der Waals surface area contributed by atoms with Crippen LogP contribution >= 0.6 is 11.3 Å². The first-order valence-electron chi connectivity index (χ1n) is 8.14. The molecule has 2 N–H and O–H groups in total. The summed E-state index contributed by atoms with van der Waals surface area (Å²) in [6, 6.07) is 1.42. The minimum absolute atomic E-state index is 0.0592. The standard InChI is InChI=1S/C16H17F2N5O4S2/c1-8-7-28-15(20-8)11-4-9(6-19-11)29(24,25)23-16-21-13(26-2)10(5-12(17)18)14(22-16)27-3/h4,6-7,12,19H,5H2,1-3H3,(H,21,22,23). The molecule has 29 heavy (non-hydrogen) atoms. The second-order valence-electron chi connectivity index (χ2n) is 5.79. The van der Waals surface area contributed by atoms with E-state index in [0.717, 1.165) is 5.69 Å². The minimum atomic E-state index is -4.07. The van der Waals surface area contributed by atoms with Crippen LogP contribution in [0.4, 0.5) is 14.7 Å². The molecule has 0 atom stereocenters. The number of sulfonamides is 1. The molecule has 0 aliphatic heterocycles. The molecule has 3 aromatic heterocycles. The molecule has 3 heterocycles. The second kappa shape index (κ2) is 8.29. The lowest BCUT2D eigenvalue weighted by molar-refractivity contribution is 0.146. The van der Waals surface area contributed by atoms with Crippen LogP contribution in [0.15, 0.2) is 22.5 Å². The average molecular weight is 445 g/mol. The number of nitrogens with zero attached hydrogens (tertiary/aromatic N) is 3. The van der Waals surface area contributed by atoms with E-state index in [1.54, 1.807) is 0 Å². The number of H-pyrrole nitrogens is 1. The highest BCUT2D eigenvalue weighted by molar-refractivity contribution is 7.92. The first-order valence-corrected chi connectivity index (χ1v) is 10.5. The van der Waals surface area contributed by atoms with Crippen LogP contribution in [0.5, 0.6) is 11.8 Å². The Kier molecular flexibility index (Phi) is 5.98. The number of anilines is 1. The van der Waals surface area contributed by atoms with Crippen LogP contribution in [0.25, 0.3) is 10.7 Å². The number of hydrogen-bond donors (Lipinski definition) is 2. The van der Waals surface area contributed by atoms with Crippen molar-refractivity contribution in [2.45, 2.75) is 24.7 Å². The Morgan fingerprint density at radius 2 is 1.86 bits per heavy atom. The number of rotatable bonds is 8. The van der Waals surface area contributed by atoms with E-state index < -0.39 is 22.9 Å². The zero-order chi connectivity index (χ0) is 21.2. The predicted molar refractivity (Wildman–Crippen MR) is 102 cm³/mol. The Balaban J connectivity index is 1.91. The van der Waals surface area contributed by atoms with Crippen LogP contribution < -0.4 is 14.2 Å². The van der Waals surface area contributed by atoms with Gasteiger partial charge in [-0.1, -0.05) is 0 Å². The van der Waals surface area contributed by atoms with E-state index in [1.165, 1.54) is 37.8 Å². The van der Waals surface area contributed by atoms with Crippen LogP contribution in [-0.4, -0.2) is 49.0 Å². The first kappa shape index (κ1) is 20.9. The van der Waals surface area contributed by atoms with E-state index in [-0.39, 0.29) is 28.2 Å². The Morgan fingerprint density at radius 1 is 1.21 bits per heavy atom. The summed E-state index contributed by atoms with van der Waals surface area (Å²) in [5.74, 6) is -0.782. The fourth-order valence-electron chi connectivity index (χ4n) is 2.47. The third-order valence-corrected chi connectivity index (χ3v) is 6.02. The molecular weight excluding hydrogens is 428 g/mol. The molecule has 0 aliphatic rings. The highest BCUT2D eigenvalue weighted by atomic mass is 32.2. The fraction of sp³-hybridized carbons (Fsp3) is 0.312. The number of hydrogen-bond acceptors (Lipinski definition) is 8. The number of alkyl halides is 2. The van der Waals surface area contributed by atoms with Gasteiger partial charge in [0.1, 0.15) is 9.90 Å².